The van der Waals surface area contributed by atoms with Crippen LogP contribution in [0.25, 0.3) is 0 Å². The van der Waals surface area contributed by atoms with Crippen LogP contribution in [0.2, 0.25) is 0 Å². The molecule has 0 aliphatic carbocycles. The molecule has 114 valence electrons. The van der Waals surface area contributed by atoms with E-state index in [1.807, 2.05) is 25.1 Å². The third-order valence-electron chi connectivity index (χ3n) is 2.78. The van der Waals surface area contributed by atoms with Crippen molar-refractivity contribution in [2.24, 2.45) is 4.99 Å². The Morgan fingerprint density at radius 2 is 2.14 bits per heavy atom. The first kappa shape index (κ1) is 16.2. The van der Waals surface area contributed by atoms with E-state index in [0.29, 0.717) is 6.61 Å². The molecule has 0 radical (unpaired) electrons. The van der Waals surface area contributed by atoms with Crippen LogP contribution in [0.3, 0.4) is 0 Å². The van der Waals surface area contributed by atoms with E-state index in [1.54, 1.807) is 0 Å². The molecule has 6 nitrogen and oxygen atoms in total. The molecule has 7 heteroatoms. The number of halogens is 1. The minimum Gasteiger partial charge on any atom is -0.506 e. The summed E-state index contributed by atoms with van der Waals surface area (Å²) >= 11 is 2.16. The van der Waals surface area contributed by atoms with Crippen LogP contribution in [0.15, 0.2) is 41.4 Å². The first-order valence-corrected chi connectivity index (χ1v) is 7.53. The zero-order chi connectivity index (χ0) is 16.1. The van der Waals surface area contributed by atoms with Crippen LogP contribution >= 0.6 is 22.6 Å². The van der Waals surface area contributed by atoms with Gasteiger partial charge in [-0.15, -0.1) is 0 Å². The molecule has 0 saturated heterocycles. The maximum absolute atomic E-state index is 10.7. The molecule has 0 aliphatic heterocycles. The van der Waals surface area contributed by atoms with Crippen molar-refractivity contribution in [3.8, 4) is 11.5 Å². The summed E-state index contributed by atoms with van der Waals surface area (Å²) in [5, 5.41) is 20.4. The number of hydrogen-bond donors (Lipinski definition) is 1. The molecule has 2 aromatic rings. The summed E-state index contributed by atoms with van der Waals surface area (Å²) in [6.45, 7) is 2.50. The Morgan fingerprint density at radius 3 is 2.77 bits per heavy atom. The average Bonchev–Trinajstić information content (AvgIpc) is 2.49. The molecule has 2 aromatic carbocycles. The van der Waals surface area contributed by atoms with E-state index in [4.69, 9.17) is 4.74 Å². The summed E-state index contributed by atoms with van der Waals surface area (Å²) < 4.78 is 6.39. The van der Waals surface area contributed by atoms with Crippen molar-refractivity contribution in [2.75, 3.05) is 6.61 Å². The lowest BCUT2D eigenvalue weighted by Crippen LogP contribution is -1.94. The Balaban J connectivity index is 2.27. The van der Waals surface area contributed by atoms with Gasteiger partial charge in [0.15, 0.2) is 0 Å². The van der Waals surface area contributed by atoms with Crippen LogP contribution in [0.1, 0.15) is 12.5 Å². The van der Waals surface area contributed by atoms with Crippen molar-refractivity contribution in [1.29, 1.82) is 0 Å². The number of nitro benzene ring substituents is 1. The minimum absolute atomic E-state index is 0.109. The molecule has 22 heavy (non-hydrogen) atoms. The van der Waals surface area contributed by atoms with Crippen LogP contribution in [-0.2, 0) is 0 Å². The fraction of sp³-hybridized carbons (Fsp3) is 0.133. The molecule has 0 aromatic heterocycles. The van der Waals surface area contributed by atoms with Crippen LogP contribution in [0.5, 0.6) is 11.5 Å². The number of ether oxygens (including phenoxy) is 1. The van der Waals surface area contributed by atoms with Crippen molar-refractivity contribution in [3.63, 3.8) is 0 Å². The molecule has 2 rings (SSSR count). The van der Waals surface area contributed by atoms with Crippen LogP contribution < -0.4 is 4.74 Å². The van der Waals surface area contributed by atoms with Gasteiger partial charge in [0.1, 0.15) is 17.2 Å². The first-order chi connectivity index (χ1) is 10.5. The largest absolute Gasteiger partial charge is 0.506 e. The minimum atomic E-state index is -0.529. The first-order valence-electron chi connectivity index (χ1n) is 6.45. The van der Waals surface area contributed by atoms with Gasteiger partial charge in [-0.3, -0.25) is 15.1 Å². The molecule has 0 unspecified atom stereocenters. The van der Waals surface area contributed by atoms with Gasteiger partial charge in [0, 0.05) is 18.3 Å². The number of hydrogen-bond acceptors (Lipinski definition) is 5. The molecule has 0 fully saturated rings. The Kier molecular flexibility index (Phi) is 5.31. The van der Waals surface area contributed by atoms with Crippen molar-refractivity contribution >= 4 is 40.2 Å². The lowest BCUT2D eigenvalue weighted by atomic mass is 10.2. The van der Waals surface area contributed by atoms with Gasteiger partial charge in [0.25, 0.3) is 5.69 Å². The van der Waals surface area contributed by atoms with Gasteiger partial charge in [0.05, 0.1) is 15.1 Å². The van der Waals surface area contributed by atoms with Gasteiger partial charge < -0.3 is 9.84 Å². The third kappa shape index (κ3) is 3.94. The highest BCUT2D eigenvalue weighted by atomic mass is 127. The number of non-ortho nitro benzene ring substituents is 1. The summed E-state index contributed by atoms with van der Waals surface area (Å²) in [7, 11) is 0. The highest BCUT2D eigenvalue weighted by molar-refractivity contribution is 14.1. The normalized spacial score (nSPS) is 10.8. The van der Waals surface area contributed by atoms with Gasteiger partial charge in [0.2, 0.25) is 0 Å². The summed E-state index contributed by atoms with van der Waals surface area (Å²) in [5.41, 5.74) is 0.836. The lowest BCUT2D eigenvalue weighted by Gasteiger charge is -2.06. The van der Waals surface area contributed by atoms with Crippen molar-refractivity contribution in [2.45, 2.75) is 6.92 Å². The Labute approximate surface area is 140 Å². The zero-order valence-corrected chi connectivity index (χ0v) is 13.9. The molecule has 0 bridgehead atoms. The summed E-state index contributed by atoms with van der Waals surface area (Å²) in [5.74, 6) is 0.681. The smallest absolute Gasteiger partial charge is 0.271 e. The average molecular weight is 412 g/mol. The van der Waals surface area contributed by atoms with E-state index in [2.05, 4.69) is 27.6 Å². The molecule has 1 N–H and O–H groups in total. The number of phenolic OH excluding ortho intramolecular Hbond substituents is 1. The number of nitro groups is 1. The fourth-order valence-electron chi connectivity index (χ4n) is 1.74. The molecule has 0 atom stereocenters. The number of rotatable bonds is 5. The summed E-state index contributed by atoms with van der Waals surface area (Å²) in [6, 6.07) is 9.25. The molecule has 0 saturated carbocycles. The Bertz CT molecular complexity index is 731. The van der Waals surface area contributed by atoms with E-state index in [9.17, 15) is 15.2 Å². The summed E-state index contributed by atoms with van der Waals surface area (Å²) in [4.78, 5) is 14.3. The SMILES string of the molecule is CCOc1ccc(C=Nc2cc([N+](=O)[O-])ccc2O)cc1I. The van der Waals surface area contributed by atoms with E-state index in [0.717, 1.165) is 14.9 Å². The van der Waals surface area contributed by atoms with Crippen molar-refractivity contribution in [3.05, 3.63) is 55.6 Å². The third-order valence-corrected chi connectivity index (χ3v) is 3.62. The topological polar surface area (TPSA) is 85.0 Å². The second-order valence-electron chi connectivity index (χ2n) is 4.31. The van der Waals surface area contributed by atoms with Crippen LogP contribution in [0.4, 0.5) is 11.4 Å². The van der Waals surface area contributed by atoms with Crippen LogP contribution in [-0.4, -0.2) is 22.9 Å². The fourth-order valence-corrected chi connectivity index (χ4v) is 2.44. The van der Waals surface area contributed by atoms with Gasteiger partial charge in [-0.1, -0.05) is 0 Å². The van der Waals surface area contributed by atoms with E-state index < -0.39 is 4.92 Å². The summed E-state index contributed by atoms with van der Waals surface area (Å²) in [6.07, 6.45) is 1.54. The van der Waals surface area contributed by atoms with Crippen molar-refractivity contribution < 1.29 is 14.8 Å². The van der Waals surface area contributed by atoms with Crippen molar-refractivity contribution in [1.82, 2.24) is 0 Å². The van der Waals surface area contributed by atoms with E-state index in [1.165, 1.54) is 24.4 Å². The Morgan fingerprint density at radius 1 is 1.36 bits per heavy atom. The molecule has 0 heterocycles. The highest BCUT2D eigenvalue weighted by Gasteiger charge is 2.09. The maximum Gasteiger partial charge on any atom is 0.271 e. The van der Waals surface area contributed by atoms with Gasteiger partial charge in [-0.05, 0) is 59.3 Å². The van der Waals surface area contributed by atoms with E-state index >= 15 is 0 Å². The predicted octanol–water partition coefficient (Wildman–Crippen LogP) is 4.05. The van der Waals surface area contributed by atoms with Gasteiger partial charge in [-0.25, -0.2) is 0 Å². The van der Waals surface area contributed by atoms with Gasteiger partial charge >= 0.3 is 0 Å². The number of phenols is 1. The monoisotopic (exact) mass is 412 g/mol. The predicted molar refractivity (Wildman–Crippen MR) is 92.3 cm³/mol. The number of aliphatic imine (C=N–C) groups is 1. The standard InChI is InChI=1S/C15H13IN2O4/c1-2-22-15-6-3-10(7-12(15)16)9-17-13-8-11(18(20)21)4-5-14(13)19/h3-9,19H,2H2,1H3. The molecular weight excluding hydrogens is 399 g/mol. The zero-order valence-electron chi connectivity index (χ0n) is 11.7. The van der Waals surface area contributed by atoms with Crippen LogP contribution in [0, 0.1) is 13.7 Å². The maximum atomic E-state index is 10.7. The number of nitrogens with zero attached hydrogens (tertiary/aromatic N) is 2. The quantitative estimate of drug-likeness (QED) is 0.348. The Hall–Kier alpha value is -2.16. The molecular formula is C15H13IN2O4. The molecule has 0 aliphatic rings. The second kappa shape index (κ2) is 7.21. The lowest BCUT2D eigenvalue weighted by molar-refractivity contribution is -0.384. The number of aromatic hydroxyl groups is 1. The number of benzene rings is 2. The molecule has 0 spiro atoms. The molecule has 0 amide bonds. The highest BCUT2D eigenvalue weighted by Crippen LogP contribution is 2.30. The van der Waals surface area contributed by atoms with E-state index in [-0.39, 0.29) is 17.1 Å². The van der Waals surface area contributed by atoms with Gasteiger partial charge in [-0.2, -0.15) is 0 Å². The second-order valence-corrected chi connectivity index (χ2v) is 5.47.